The number of carbonyl (C=O) groups excluding carboxylic acids is 1. The van der Waals surface area contributed by atoms with Gasteiger partial charge in [0.25, 0.3) is 0 Å². The summed E-state index contributed by atoms with van der Waals surface area (Å²) < 4.78 is 11.6. The topological polar surface area (TPSA) is 35.5 Å². The van der Waals surface area contributed by atoms with Crippen molar-refractivity contribution < 1.29 is 14.3 Å². The van der Waals surface area contributed by atoms with Crippen LogP contribution >= 0.6 is 0 Å². The Morgan fingerprint density at radius 2 is 1.73 bits per heavy atom. The second kappa shape index (κ2) is 9.33. The average Bonchev–Trinajstić information content (AvgIpc) is 3.33. The van der Waals surface area contributed by atoms with E-state index in [2.05, 4.69) is 12.1 Å². The summed E-state index contributed by atoms with van der Waals surface area (Å²) in [5.74, 6) is 1.63. The predicted octanol–water partition coefficient (Wildman–Crippen LogP) is 6.81. The zero-order valence-corrected chi connectivity index (χ0v) is 18.7. The van der Waals surface area contributed by atoms with E-state index in [4.69, 9.17) is 9.47 Å². The van der Waals surface area contributed by atoms with E-state index in [9.17, 15) is 4.79 Å². The van der Waals surface area contributed by atoms with Crippen LogP contribution in [0.5, 0.6) is 11.5 Å². The fraction of sp³-hybridized carbons (Fsp3) is 0.167. The molecule has 0 saturated heterocycles. The van der Waals surface area contributed by atoms with Gasteiger partial charge in [-0.05, 0) is 83.1 Å². The zero-order valence-electron chi connectivity index (χ0n) is 18.7. The summed E-state index contributed by atoms with van der Waals surface area (Å²) in [7, 11) is 1.66. The molecule has 3 nitrogen and oxygen atoms in total. The van der Waals surface area contributed by atoms with Gasteiger partial charge in [0.1, 0.15) is 18.1 Å². The molecule has 3 heteroatoms. The molecule has 0 unspecified atom stereocenters. The Balaban J connectivity index is 1.31. The Morgan fingerprint density at radius 3 is 2.61 bits per heavy atom. The minimum atomic E-state index is -0.0208. The van der Waals surface area contributed by atoms with Crippen LogP contribution in [0.3, 0.4) is 0 Å². The molecule has 1 aliphatic rings. The van der Waals surface area contributed by atoms with Crippen LogP contribution in [0, 0.1) is 0 Å². The summed E-state index contributed by atoms with van der Waals surface area (Å²) in [5, 5.41) is 2.19. The SMILES string of the molecule is COc1ccc(/C=C/C(=O)c2ccc3ccccc3c2)cc1COc1ccc2c(c1)CCC2. The van der Waals surface area contributed by atoms with E-state index in [0.717, 1.165) is 46.2 Å². The van der Waals surface area contributed by atoms with E-state index in [-0.39, 0.29) is 5.78 Å². The molecule has 1 aliphatic carbocycles. The monoisotopic (exact) mass is 434 g/mol. The number of methoxy groups -OCH3 is 1. The normalized spacial score (nSPS) is 12.8. The molecule has 0 aliphatic heterocycles. The second-order valence-corrected chi connectivity index (χ2v) is 8.40. The summed E-state index contributed by atoms with van der Waals surface area (Å²) >= 11 is 0. The molecule has 33 heavy (non-hydrogen) atoms. The van der Waals surface area contributed by atoms with Gasteiger partial charge >= 0.3 is 0 Å². The molecular weight excluding hydrogens is 408 g/mol. The fourth-order valence-corrected chi connectivity index (χ4v) is 4.42. The lowest BCUT2D eigenvalue weighted by Crippen LogP contribution is -2.00. The number of fused-ring (bicyclic) bond motifs is 2. The van der Waals surface area contributed by atoms with E-state index < -0.39 is 0 Å². The van der Waals surface area contributed by atoms with Gasteiger partial charge in [0.15, 0.2) is 5.78 Å². The highest BCUT2D eigenvalue weighted by Gasteiger charge is 2.12. The van der Waals surface area contributed by atoms with Crippen LogP contribution in [-0.4, -0.2) is 12.9 Å². The molecule has 4 aromatic carbocycles. The maximum absolute atomic E-state index is 12.7. The molecule has 5 rings (SSSR count). The standard InChI is InChI=1S/C30H26O3/c1-32-30-16-10-21(9-15-29(31)26-12-11-22-5-2-3-6-24(22)18-26)17-27(30)20-33-28-14-13-23-7-4-8-25(23)19-28/h2-3,5-6,9-19H,4,7-8,20H2,1H3/b15-9+. The lowest BCUT2D eigenvalue weighted by Gasteiger charge is -2.12. The number of rotatable bonds is 7. The van der Waals surface area contributed by atoms with E-state index in [1.54, 1.807) is 13.2 Å². The largest absolute Gasteiger partial charge is 0.496 e. The number of carbonyl (C=O) groups is 1. The highest BCUT2D eigenvalue weighted by molar-refractivity contribution is 6.08. The van der Waals surface area contributed by atoms with Crippen molar-refractivity contribution in [1.82, 2.24) is 0 Å². The first-order valence-electron chi connectivity index (χ1n) is 11.3. The molecule has 0 saturated carbocycles. The van der Waals surface area contributed by atoms with Crippen LogP contribution in [0.25, 0.3) is 16.8 Å². The van der Waals surface area contributed by atoms with Gasteiger partial charge in [0, 0.05) is 11.1 Å². The molecular formula is C30H26O3. The maximum atomic E-state index is 12.7. The summed E-state index contributed by atoms with van der Waals surface area (Å²) in [4.78, 5) is 12.7. The third kappa shape index (κ3) is 4.68. The number of aryl methyl sites for hydroxylation is 2. The first-order valence-corrected chi connectivity index (χ1v) is 11.3. The average molecular weight is 435 g/mol. The minimum Gasteiger partial charge on any atom is -0.496 e. The molecule has 0 spiro atoms. The fourth-order valence-electron chi connectivity index (χ4n) is 4.42. The van der Waals surface area contributed by atoms with Crippen LogP contribution in [-0.2, 0) is 19.4 Å². The molecule has 0 bridgehead atoms. The molecule has 0 amide bonds. The van der Waals surface area contributed by atoms with Crippen LogP contribution in [0.4, 0.5) is 0 Å². The Hall–Kier alpha value is -3.85. The minimum absolute atomic E-state index is 0.0208. The summed E-state index contributed by atoms with van der Waals surface area (Å²) in [6.07, 6.45) is 6.98. The number of hydrogen-bond acceptors (Lipinski definition) is 3. The first-order chi connectivity index (χ1) is 16.2. The predicted molar refractivity (Wildman–Crippen MR) is 133 cm³/mol. The van der Waals surface area contributed by atoms with E-state index in [1.807, 2.05) is 72.8 Å². The Labute approximate surface area is 194 Å². The van der Waals surface area contributed by atoms with Gasteiger partial charge in [-0.2, -0.15) is 0 Å². The number of allylic oxidation sites excluding steroid dienone is 1. The van der Waals surface area contributed by atoms with Gasteiger partial charge < -0.3 is 9.47 Å². The van der Waals surface area contributed by atoms with Crippen molar-refractivity contribution in [2.45, 2.75) is 25.9 Å². The van der Waals surface area contributed by atoms with Crippen molar-refractivity contribution in [2.24, 2.45) is 0 Å². The van der Waals surface area contributed by atoms with Gasteiger partial charge in [-0.25, -0.2) is 0 Å². The van der Waals surface area contributed by atoms with Crippen molar-refractivity contribution in [3.63, 3.8) is 0 Å². The first kappa shape index (κ1) is 21.0. The summed E-state index contributed by atoms with van der Waals surface area (Å²) in [5.41, 5.74) is 5.38. The van der Waals surface area contributed by atoms with Crippen LogP contribution < -0.4 is 9.47 Å². The molecule has 0 radical (unpaired) electrons. The maximum Gasteiger partial charge on any atom is 0.185 e. The summed E-state index contributed by atoms with van der Waals surface area (Å²) in [6, 6.07) is 26.1. The highest BCUT2D eigenvalue weighted by atomic mass is 16.5. The van der Waals surface area contributed by atoms with Crippen molar-refractivity contribution in [1.29, 1.82) is 0 Å². The molecule has 4 aromatic rings. The molecule has 0 N–H and O–H groups in total. The van der Waals surface area contributed by atoms with E-state index in [0.29, 0.717) is 12.2 Å². The van der Waals surface area contributed by atoms with Crippen molar-refractivity contribution in [2.75, 3.05) is 7.11 Å². The van der Waals surface area contributed by atoms with Gasteiger partial charge in [0.2, 0.25) is 0 Å². The van der Waals surface area contributed by atoms with E-state index >= 15 is 0 Å². The molecule has 0 atom stereocenters. The quantitative estimate of drug-likeness (QED) is 0.237. The highest BCUT2D eigenvalue weighted by Crippen LogP contribution is 2.28. The Morgan fingerprint density at radius 1 is 0.879 bits per heavy atom. The zero-order chi connectivity index (χ0) is 22.6. The van der Waals surface area contributed by atoms with Gasteiger partial charge in [-0.3, -0.25) is 4.79 Å². The van der Waals surface area contributed by atoms with Gasteiger partial charge in [-0.15, -0.1) is 0 Å². The van der Waals surface area contributed by atoms with Crippen molar-refractivity contribution in [3.8, 4) is 11.5 Å². The van der Waals surface area contributed by atoms with Crippen LogP contribution in [0.15, 0.2) is 84.9 Å². The summed E-state index contributed by atoms with van der Waals surface area (Å²) in [6.45, 7) is 0.405. The van der Waals surface area contributed by atoms with E-state index in [1.165, 1.54) is 17.5 Å². The van der Waals surface area contributed by atoms with Crippen molar-refractivity contribution >= 4 is 22.6 Å². The molecule has 0 aromatic heterocycles. The lowest BCUT2D eigenvalue weighted by atomic mass is 10.0. The van der Waals surface area contributed by atoms with Crippen LogP contribution in [0.1, 0.15) is 39.0 Å². The molecule has 0 fully saturated rings. The Kier molecular flexibility index (Phi) is 5.95. The Bertz CT molecular complexity index is 1350. The molecule has 0 heterocycles. The number of ether oxygens (including phenoxy) is 2. The van der Waals surface area contributed by atoms with Gasteiger partial charge in [0.05, 0.1) is 7.11 Å². The number of hydrogen-bond donors (Lipinski definition) is 0. The molecule has 164 valence electrons. The third-order valence-electron chi connectivity index (χ3n) is 6.23. The smallest absolute Gasteiger partial charge is 0.185 e. The van der Waals surface area contributed by atoms with Crippen LogP contribution in [0.2, 0.25) is 0 Å². The third-order valence-corrected chi connectivity index (χ3v) is 6.23. The second-order valence-electron chi connectivity index (χ2n) is 8.40. The van der Waals surface area contributed by atoms with Gasteiger partial charge in [-0.1, -0.05) is 54.6 Å². The van der Waals surface area contributed by atoms with Crippen molar-refractivity contribution in [3.05, 3.63) is 113 Å². The lowest BCUT2D eigenvalue weighted by molar-refractivity contribution is 0.104. The number of ketones is 1. The number of benzene rings is 4.